The quantitative estimate of drug-likeness (QED) is 0.644. The van der Waals surface area contributed by atoms with Gasteiger partial charge in [0.15, 0.2) is 6.04 Å². The SMILES string of the molecule is CN(C(=O)C1(N(C)C)CCC1)[C@@H](c1ccc(NC2Cc3ccccc3C2(C)C)nc1)C(F)(F)F. The normalized spacial score (nSPS) is 21.5. The topological polar surface area (TPSA) is 48.5 Å². The van der Waals surface area contributed by atoms with E-state index in [1.807, 2.05) is 12.1 Å². The van der Waals surface area contributed by atoms with Gasteiger partial charge in [-0.2, -0.15) is 13.2 Å². The third-order valence-electron chi connectivity index (χ3n) is 7.88. The minimum absolute atomic E-state index is 0.0453. The lowest BCUT2D eigenvalue weighted by atomic mass is 9.74. The zero-order valence-electron chi connectivity index (χ0n) is 20.4. The Balaban J connectivity index is 1.55. The highest BCUT2D eigenvalue weighted by atomic mass is 19.4. The number of fused-ring (bicyclic) bond motifs is 1. The molecule has 8 heteroatoms. The van der Waals surface area contributed by atoms with Crippen LogP contribution in [-0.4, -0.2) is 59.6 Å². The van der Waals surface area contributed by atoms with Gasteiger partial charge in [-0.25, -0.2) is 4.98 Å². The molecule has 4 rings (SSSR count). The van der Waals surface area contributed by atoms with Gasteiger partial charge in [-0.1, -0.05) is 44.2 Å². The maximum Gasteiger partial charge on any atom is 0.413 e. The molecule has 1 saturated carbocycles. The van der Waals surface area contributed by atoms with E-state index in [0.29, 0.717) is 18.7 Å². The number of hydrogen-bond acceptors (Lipinski definition) is 4. The molecule has 0 saturated heterocycles. The van der Waals surface area contributed by atoms with Crippen molar-refractivity contribution in [2.45, 2.75) is 68.7 Å². The first kappa shape index (κ1) is 24.5. The molecule has 34 heavy (non-hydrogen) atoms. The van der Waals surface area contributed by atoms with Crippen LogP contribution in [0.2, 0.25) is 0 Å². The maximum atomic E-state index is 14.2. The van der Waals surface area contributed by atoms with E-state index in [4.69, 9.17) is 0 Å². The Morgan fingerprint density at radius 1 is 1.12 bits per heavy atom. The van der Waals surface area contributed by atoms with Crippen molar-refractivity contribution in [3.8, 4) is 0 Å². The van der Waals surface area contributed by atoms with Gasteiger partial charge in [-0.3, -0.25) is 9.69 Å². The number of alkyl halides is 3. The number of aromatic nitrogens is 1. The van der Waals surface area contributed by atoms with E-state index in [1.54, 1.807) is 25.1 Å². The number of pyridine rings is 1. The monoisotopic (exact) mass is 474 g/mol. The first-order chi connectivity index (χ1) is 15.9. The van der Waals surface area contributed by atoms with Crippen molar-refractivity contribution in [3.05, 3.63) is 59.3 Å². The molecule has 1 aromatic heterocycles. The maximum absolute atomic E-state index is 14.2. The number of likely N-dealkylation sites (N-methyl/N-ethyl adjacent to an activating group) is 2. The molecule has 2 aliphatic rings. The molecule has 1 N–H and O–H groups in total. The smallest absolute Gasteiger partial charge is 0.366 e. The van der Waals surface area contributed by atoms with Gasteiger partial charge in [0.05, 0.1) is 0 Å². The summed E-state index contributed by atoms with van der Waals surface area (Å²) in [5.74, 6) is 0.0204. The van der Waals surface area contributed by atoms with Crippen LogP contribution in [0.3, 0.4) is 0 Å². The molecule has 0 aliphatic heterocycles. The Morgan fingerprint density at radius 3 is 2.29 bits per heavy atom. The second-order valence-corrected chi connectivity index (χ2v) is 10.4. The zero-order valence-corrected chi connectivity index (χ0v) is 20.4. The van der Waals surface area contributed by atoms with Crippen LogP contribution in [0.25, 0.3) is 0 Å². The summed E-state index contributed by atoms with van der Waals surface area (Å²) in [7, 11) is 4.74. The Bertz CT molecular complexity index is 1040. The highest BCUT2D eigenvalue weighted by Gasteiger charge is 2.53. The zero-order chi connectivity index (χ0) is 24.9. The number of halogens is 3. The van der Waals surface area contributed by atoms with Crippen LogP contribution >= 0.6 is 0 Å². The Kier molecular flexibility index (Phi) is 6.17. The van der Waals surface area contributed by atoms with E-state index in [-0.39, 0.29) is 17.0 Å². The number of rotatable bonds is 6. The number of amides is 1. The van der Waals surface area contributed by atoms with Crippen LogP contribution in [0.1, 0.15) is 55.8 Å². The number of hydrogen-bond donors (Lipinski definition) is 1. The Morgan fingerprint density at radius 2 is 1.79 bits per heavy atom. The summed E-state index contributed by atoms with van der Waals surface area (Å²) in [4.78, 5) is 20.1. The number of nitrogens with zero attached hydrogens (tertiary/aromatic N) is 3. The minimum atomic E-state index is -4.62. The van der Waals surface area contributed by atoms with Gasteiger partial charge in [0.25, 0.3) is 0 Å². The molecule has 1 fully saturated rings. The van der Waals surface area contributed by atoms with Gasteiger partial charge in [0.1, 0.15) is 11.4 Å². The predicted molar refractivity (Wildman–Crippen MR) is 127 cm³/mol. The van der Waals surface area contributed by atoms with Gasteiger partial charge in [0, 0.05) is 30.3 Å². The van der Waals surface area contributed by atoms with Crippen molar-refractivity contribution >= 4 is 11.7 Å². The minimum Gasteiger partial charge on any atom is -0.366 e. The van der Waals surface area contributed by atoms with E-state index in [0.717, 1.165) is 17.7 Å². The molecule has 0 bridgehead atoms. The van der Waals surface area contributed by atoms with Crippen molar-refractivity contribution in [1.29, 1.82) is 0 Å². The van der Waals surface area contributed by atoms with Crippen molar-refractivity contribution in [3.63, 3.8) is 0 Å². The first-order valence-electron chi connectivity index (χ1n) is 11.7. The van der Waals surface area contributed by atoms with Crippen molar-refractivity contribution in [1.82, 2.24) is 14.8 Å². The van der Waals surface area contributed by atoms with Gasteiger partial charge in [0.2, 0.25) is 5.91 Å². The molecule has 1 heterocycles. The highest BCUT2D eigenvalue weighted by Crippen LogP contribution is 2.43. The van der Waals surface area contributed by atoms with Crippen molar-refractivity contribution in [2.24, 2.45) is 0 Å². The molecular formula is C26H33F3N4O. The van der Waals surface area contributed by atoms with E-state index >= 15 is 0 Å². The lowest BCUT2D eigenvalue weighted by molar-refractivity contribution is -0.195. The molecule has 5 nitrogen and oxygen atoms in total. The fourth-order valence-electron chi connectivity index (χ4n) is 5.49. The fraction of sp³-hybridized carbons (Fsp3) is 0.538. The first-order valence-corrected chi connectivity index (χ1v) is 11.7. The van der Waals surface area contributed by atoms with E-state index in [1.165, 1.54) is 30.4 Å². The van der Waals surface area contributed by atoms with Crippen LogP contribution in [0.5, 0.6) is 0 Å². The molecular weight excluding hydrogens is 441 g/mol. The number of carbonyl (C=O) groups is 1. The third-order valence-corrected chi connectivity index (χ3v) is 7.88. The molecule has 0 radical (unpaired) electrons. The van der Waals surface area contributed by atoms with Crippen LogP contribution in [0.15, 0.2) is 42.6 Å². The van der Waals surface area contributed by atoms with Crippen molar-refractivity contribution < 1.29 is 18.0 Å². The Labute approximate surface area is 199 Å². The van der Waals surface area contributed by atoms with E-state index in [2.05, 4.69) is 36.3 Å². The van der Waals surface area contributed by atoms with Gasteiger partial charge in [-0.05, 0) is 57.0 Å². The molecule has 1 aromatic carbocycles. The van der Waals surface area contributed by atoms with Crippen LogP contribution in [0, 0.1) is 0 Å². The second kappa shape index (κ2) is 8.56. The highest BCUT2D eigenvalue weighted by molar-refractivity contribution is 5.87. The van der Waals surface area contributed by atoms with Crippen LogP contribution in [-0.2, 0) is 16.6 Å². The summed E-state index contributed by atoms with van der Waals surface area (Å²) in [5.41, 5.74) is 1.49. The summed E-state index contributed by atoms with van der Waals surface area (Å²) in [6, 6.07) is 9.30. The van der Waals surface area contributed by atoms with E-state index in [9.17, 15) is 18.0 Å². The summed E-state index contributed by atoms with van der Waals surface area (Å²) >= 11 is 0. The van der Waals surface area contributed by atoms with Gasteiger partial charge < -0.3 is 10.2 Å². The number of anilines is 1. The van der Waals surface area contributed by atoms with Crippen LogP contribution < -0.4 is 5.32 Å². The molecule has 2 aromatic rings. The summed E-state index contributed by atoms with van der Waals surface area (Å²) in [6.45, 7) is 4.32. The summed E-state index contributed by atoms with van der Waals surface area (Å²) in [6.07, 6.45) is -0.599. The van der Waals surface area contributed by atoms with E-state index < -0.39 is 23.7 Å². The third kappa shape index (κ3) is 4.06. The fourth-order valence-corrected chi connectivity index (χ4v) is 5.49. The molecule has 2 aliphatic carbocycles. The average Bonchev–Trinajstić information content (AvgIpc) is 2.97. The van der Waals surface area contributed by atoms with Gasteiger partial charge >= 0.3 is 6.18 Å². The lowest BCUT2D eigenvalue weighted by Gasteiger charge is -2.48. The molecule has 2 atom stereocenters. The Hall–Kier alpha value is -2.61. The predicted octanol–water partition coefficient (Wildman–Crippen LogP) is 4.94. The summed E-state index contributed by atoms with van der Waals surface area (Å²) in [5, 5.41) is 3.41. The largest absolute Gasteiger partial charge is 0.413 e. The van der Waals surface area contributed by atoms with Crippen molar-refractivity contribution in [2.75, 3.05) is 26.5 Å². The molecule has 1 amide bonds. The molecule has 1 unspecified atom stereocenters. The average molecular weight is 475 g/mol. The standard InChI is InChI=1S/C26H33F3N4O/c1-24(2)19-10-7-6-9-17(19)15-20(24)31-21-12-11-18(16-30-21)22(26(27,28)29)33(5)23(34)25(32(3)4)13-8-14-25/h6-7,9-12,16,20,22H,8,13-15H2,1-5H3,(H,30,31)/t20?,22-/m0/s1. The second-order valence-electron chi connectivity index (χ2n) is 10.4. The molecule has 184 valence electrons. The number of benzene rings is 1. The molecule has 0 spiro atoms. The van der Waals surface area contributed by atoms with Gasteiger partial charge in [-0.15, -0.1) is 0 Å². The number of carbonyl (C=O) groups excluding carboxylic acids is 1. The lowest BCUT2D eigenvalue weighted by Crippen LogP contribution is -2.62. The summed E-state index contributed by atoms with van der Waals surface area (Å²) < 4.78 is 42.5. The number of nitrogens with one attached hydrogen (secondary N) is 1. The van der Waals surface area contributed by atoms with Crippen LogP contribution in [0.4, 0.5) is 19.0 Å².